The second-order valence-corrected chi connectivity index (χ2v) is 8.19. The first-order valence-corrected chi connectivity index (χ1v) is 9.20. The van der Waals surface area contributed by atoms with Crippen molar-refractivity contribution in [3.63, 3.8) is 0 Å². The molecule has 0 saturated carbocycles. The molecule has 5 nitrogen and oxygen atoms in total. The van der Waals surface area contributed by atoms with Crippen LogP contribution in [0.1, 0.15) is 22.2 Å². The Bertz CT molecular complexity index is 816. The molecular formula is C15H17FN2O3S2. The summed E-state index contributed by atoms with van der Waals surface area (Å²) in [6.07, 6.45) is 0. The third-order valence-corrected chi connectivity index (χ3v) is 6.03. The molecule has 0 aliphatic rings. The number of rotatable bonds is 7. The molecule has 0 spiro atoms. The topological polar surface area (TPSA) is 75.3 Å². The highest BCUT2D eigenvalue weighted by molar-refractivity contribution is 7.91. The molecule has 0 aliphatic heterocycles. The zero-order valence-electron chi connectivity index (χ0n) is 12.7. The van der Waals surface area contributed by atoms with Crippen molar-refractivity contribution in [2.45, 2.75) is 18.1 Å². The van der Waals surface area contributed by atoms with E-state index in [9.17, 15) is 17.6 Å². The van der Waals surface area contributed by atoms with Crippen molar-refractivity contribution in [3.05, 3.63) is 46.6 Å². The number of nitrogens with one attached hydrogen (secondary N) is 2. The first kappa shape index (κ1) is 17.6. The fraction of sp³-hybridized carbons (Fsp3) is 0.267. The molecule has 0 atom stereocenters. The molecule has 0 radical (unpaired) electrons. The molecule has 0 amide bonds. The van der Waals surface area contributed by atoms with Gasteiger partial charge in [0, 0.05) is 23.7 Å². The van der Waals surface area contributed by atoms with Crippen molar-refractivity contribution >= 4 is 32.8 Å². The van der Waals surface area contributed by atoms with E-state index in [1.54, 1.807) is 18.2 Å². The lowest BCUT2D eigenvalue weighted by molar-refractivity contribution is 0.101. The van der Waals surface area contributed by atoms with Crippen LogP contribution in [-0.2, 0) is 10.0 Å². The maximum Gasteiger partial charge on any atom is 0.250 e. The number of hydrogen-bond acceptors (Lipinski definition) is 5. The van der Waals surface area contributed by atoms with Crippen LogP contribution in [-0.4, -0.2) is 27.3 Å². The number of anilines is 1. The van der Waals surface area contributed by atoms with Gasteiger partial charge in [0.2, 0.25) is 10.0 Å². The van der Waals surface area contributed by atoms with E-state index in [4.69, 9.17) is 0 Å². The summed E-state index contributed by atoms with van der Waals surface area (Å²) in [7, 11) is -3.54. The number of Topliss-reactive ketones (excluding diaryl/α,β-unsaturated/α-hetero) is 1. The predicted molar refractivity (Wildman–Crippen MR) is 89.1 cm³/mol. The standard InChI is InChI=1S/C15H17FN2O3S2/c1-10-6-7-14(22-10)23(20,21)18-9-8-17-13-5-3-4-12(16)15(13)11(2)19/h3-7,17-18H,8-9H2,1-2H3. The first-order valence-electron chi connectivity index (χ1n) is 6.90. The lowest BCUT2D eigenvalue weighted by Gasteiger charge is -2.11. The van der Waals surface area contributed by atoms with E-state index in [0.717, 1.165) is 4.88 Å². The Morgan fingerprint density at radius 3 is 2.57 bits per heavy atom. The average Bonchev–Trinajstić information content (AvgIpc) is 2.91. The highest BCUT2D eigenvalue weighted by Crippen LogP contribution is 2.21. The van der Waals surface area contributed by atoms with Gasteiger partial charge in [0.05, 0.1) is 5.56 Å². The summed E-state index contributed by atoms with van der Waals surface area (Å²) in [6, 6.07) is 7.57. The fourth-order valence-corrected chi connectivity index (χ4v) is 4.40. The number of ketones is 1. The van der Waals surface area contributed by atoms with Crippen molar-refractivity contribution in [3.8, 4) is 0 Å². The Labute approximate surface area is 138 Å². The third-order valence-electron chi connectivity index (χ3n) is 3.08. The average molecular weight is 356 g/mol. The van der Waals surface area contributed by atoms with E-state index in [-0.39, 0.29) is 28.6 Å². The number of aryl methyl sites for hydroxylation is 1. The Morgan fingerprint density at radius 1 is 1.22 bits per heavy atom. The van der Waals surface area contributed by atoms with Gasteiger partial charge in [0.15, 0.2) is 5.78 Å². The van der Waals surface area contributed by atoms with E-state index in [1.807, 2.05) is 6.92 Å². The van der Waals surface area contributed by atoms with Crippen LogP contribution in [0.5, 0.6) is 0 Å². The Balaban J connectivity index is 1.96. The largest absolute Gasteiger partial charge is 0.383 e. The molecule has 8 heteroatoms. The molecule has 2 N–H and O–H groups in total. The lowest BCUT2D eigenvalue weighted by atomic mass is 10.1. The number of halogens is 1. The zero-order valence-corrected chi connectivity index (χ0v) is 14.4. The van der Waals surface area contributed by atoms with Gasteiger partial charge >= 0.3 is 0 Å². The van der Waals surface area contributed by atoms with Crippen LogP contribution < -0.4 is 10.0 Å². The second-order valence-electron chi connectivity index (χ2n) is 4.91. The van der Waals surface area contributed by atoms with Gasteiger partial charge in [-0.15, -0.1) is 11.3 Å². The Hall–Kier alpha value is -1.77. The monoisotopic (exact) mass is 356 g/mol. The number of thiophene rings is 1. The number of hydrogen-bond donors (Lipinski definition) is 2. The van der Waals surface area contributed by atoms with Crippen LogP contribution in [0.15, 0.2) is 34.5 Å². The van der Waals surface area contributed by atoms with E-state index in [1.165, 1.54) is 30.4 Å². The molecule has 0 unspecified atom stereocenters. The molecule has 1 heterocycles. The van der Waals surface area contributed by atoms with Crippen molar-refractivity contribution in [2.75, 3.05) is 18.4 Å². The molecule has 1 aromatic heterocycles. The molecule has 23 heavy (non-hydrogen) atoms. The highest BCUT2D eigenvalue weighted by Gasteiger charge is 2.16. The molecule has 2 aromatic rings. The van der Waals surface area contributed by atoms with Gasteiger partial charge in [0.1, 0.15) is 10.0 Å². The van der Waals surface area contributed by atoms with E-state index in [2.05, 4.69) is 10.0 Å². The van der Waals surface area contributed by atoms with Gasteiger partial charge in [-0.2, -0.15) is 0 Å². The van der Waals surface area contributed by atoms with Gasteiger partial charge in [-0.3, -0.25) is 4.79 Å². The number of carbonyl (C=O) groups is 1. The maximum atomic E-state index is 13.7. The summed E-state index contributed by atoms with van der Waals surface area (Å²) >= 11 is 1.19. The molecule has 1 aromatic carbocycles. The smallest absolute Gasteiger partial charge is 0.250 e. The van der Waals surface area contributed by atoms with Gasteiger partial charge in [-0.25, -0.2) is 17.5 Å². The lowest BCUT2D eigenvalue weighted by Crippen LogP contribution is -2.28. The van der Waals surface area contributed by atoms with Crippen LogP contribution in [0.2, 0.25) is 0 Å². The third kappa shape index (κ3) is 4.37. The normalized spacial score (nSPS) is 11.4. The van der Waals surface area contributed by atoms with Gasteiger partial charge in [0.25, 0.3) is 0 Å². The molecular weight excluding hydrogens is 339 g/mol. The zero-order chi connectivity index (χ0) is 17.0. The number of carbonyl (C=O) groups excluding carboxylic acids is 1. The van der Waals surface area contributed by atoms with Crippen LogP contribution in [0.3, 0.4) is 0 Å². The molecule has 124 valence electrons. The van der Waals surface area contributed by atoms with Crippen LogP contribution in [0, 0.1) is 12.7 Å². The van der Waals surface area contributed by atoms with Gasteiger partial charge in [-0.1, -0.05) is 6.07 Å². The van der Waals surface area contributed by atoms with Crippen molar-refractivity contribution in [1.82, 2.24) is 4.72 Å². The minimum Gasteiger partial charge on any atom is -0.383 e. The molecule has 0 aliphatic carbocycles. The Morgan fingerprint density at radius 2 is 1.96 bits per heavy atom. The van der Waals surface area contributed by atoms with Crippen LogP contribution >= 0.6 is 11.3 Å². The Kier molecular flexibility index (Phi) is 5.51. The van der Waals surface area contributed by atoms with E-state index < -0.39 is 15.8 Å². The molecule has 2 rings (SSSR count). The SMILES string of the molecule is CC(=O)c1c(F)cccc1NCCNS(=O)(=O)c1ccc(C)s1. The molecule has 0 bridgehead atoms. The summed E-state index contributed by atoms with van der Waals surface area (Å²) < 4.78 is 40.5. The summed E-state index contributed by atoms with van der Waals surface area (Å²) in [4.78, 5) is 12.4. The minimum absolute atomic E-state index is 0.0239. The quantitative estimate of drug-likeness (QED) is 0.591. The first-order chi connectivity index (χ1) is 10.8. The molecule has 0 fully saturated rings. The van der Waals surface area contributed by atoms with Gasteiger partial charge < -0.3 is 5.32 Å². The number of benzene rings is 1. The summed E-state index contributed by atoms with van der Waals surface area (Å²) in [5.41, 5.74) is 0.327. The maximum absolute atomic E-state index is 13.7. The summed E-state index contributed by atoms with van der Waals surface area (Å²) in [5.74, 6) is -0.989. The van der Waals surface area contributed by atoms with Crippen molar-refractivity contribution < 1.29 is 17.6 Å². The molecule has 0 saturated heterocycles. The van der Waals surface area contributed by atoms with Crippen LogP contribution in [0.4, 0.5) is 10.1 Å². The van der Waals surface area contributed by atoms with E-state index >= 15 is 0 Å². The minimum atomic E-state index is -3.54. The number of sulfonamides is 1. The summed E-state index contributed by atoms with van der Waals surface area (Å²) in [6.45, 7) is 3.46. The second kappa shape index (κ2) is 7.20. The predicted octanol–water partition coefficient (Wildman–Crippen LogP) is 2.79. The van der Waals surface area contributed by atoms with Gasteiger partial charge in [-0.05, 0) is 38.1 Å². The highest BCUT2D eigenvalue weighted by atomic mass is 32.2. The van der Waals surface area contributed by atoms with Crippen molar-refractivity contribution in [2.24, 2.45) is 0 Å². The van der Waals surface area contributed by atoms with E-state index in [0.29, 0.717) is 5.69 Å². The van der Waals surface area contributed by atoms with Crippen LogP contribution in [0.25, 0.3) is 0 Å². The van der Waals surface area contributed by atoms with Crippen molar-refractivity contribution in [1.29, 1.82) is 0 Å². The fourth-order valence-electron chi connectivity index (χ4n) is 2.04. The summed E-state index contributed by atoms with van der Waals surface area (Å²) in [5, 5.41) is 2.88.